The molecule has 0 bridgehead atoms. The molecule has 0 aliphatic heterocycles. The summed E-state index contributed by atoms with van der Waals surface area (Å²) in [7, 11) is 0. The van der Waals surface area contributed by atoms with Crippen LogP contribution < -0.4 is 9.67 Å². The number of benzene rings is 2. The van der Waals surface area contributed by atoms with Gasteiger partial charge in [-0.3, -0.25) is 0 Å². The van der Waals surface area contributed by atoms with Crippen molar-refractivity contribution in [2.75, 3.05) is 0 Å². The van der Waals surface area contributed by atoms with E-state index in [-0.39, 0.29) is 5.06 Å². The predicted molar refractivity (Wildman–Crippen MR) is 70.7 cm³/mol. The van der Waals surface area contributed by atoms with E-state index in [4.69, 9.17) is 0 Å². The highest BCUT2D eigenvalue weighted by atomic mass is 32.1. The van der Waals surface area contributed by atoms with Crippen molar-refractivity contribution in [2.24, 2.45) is 0 Å². The Kier molecular flexibility index (Phi) is 2.82. The SMILES string of the molecule is [O-]c1c[n+](-c2ccccc2)c(-c2ccccc2)s1. The number of thiazole rings is 1. The largest absolute Gasteiger partial charge is 0.861 e. The molecule has 1 aromatic heterocycles. The van der Waals surface area contributed by atoms with Gasteiger partial charge in [0.25, 0.3) is 5.01 Å². The molecule has 2 nitrogen and oxygen atoms in total. The van der Waals surface area contributed by atoms with Crippen molar-refractivity contribution in [3.8, 4) is 21.3 Å². The van der Waals surface area contributed by atoms with Crippen molar-refractivity contribution in [2.45, 2.75) is 0 Å². The molecule has 3 heteroatoms. The first-order chi connectivity index (χ1) is 8.84. The maximum Gasteiger partial charge on any atom is 0.274 e. The summed E-state index contributed by atoms with van der Waals surface area (Å²) in [5, 5.41) is 12.7. The third-order valence-electron chi connectivity index (χ3n) is 2.71. The Hall–Kier alpha value is -2.13. The van der Waals surface area contributed by atoms with Crippen LogP contribution in [0.1, 0.15) is 0 Å². The fourth-order valence-electron chi connectivity index (χ4n) is 1.89. The van der Waals surface area contributed by atoms with Gasteiger partial charge in [-0.2, -0.15) is 4.57 Å². The van der Waals surface area contributed by atoms with E-state index in [2.05, 4.69) is 0 Å². The van der Waals surface area contributed by atoms with Gasteiger partial charge in [0.05, 0.1) is 5.56 Å². The zero-order chi connectivity index (χ0) is 12.4. The second-order valence-corrected chi connectivity index (χ2v) is 4.92. The van der Waals surface area contributed by atoms with Gasteiger partial charge in [0, 0.05) is 17.2 Å². The quantitative estimate of drug-likeness (QED) is 0.645. The van der Waals surface area contributed by atoms with E-state index in [1.54, 1.807) is 6.20 Å². The second kappa shape index (κ2) is 4.63. The van der Waals surface area contributed by atoms with E-state index in [0.717, 1.165) is 16.3 Å². The van der Waals surface area contributed by atoms with Gasteiger partial charge < -0.3 is 5.11 Å². The summed E-state index contributed by atoms with van der Waals surface area (Å²) >= 11 is 1.27. The fraction of sp³-hybridized carbons (Fsp3) is 0. The molecule has 0 aliphatic carbocycles. The third kappa shape index (κ3) is 2.00. The Morgan fingerprint density at radius 3 is 2.11 bits per heavy atom. The summed E-state index contributed by atoms with van der Waals surface area (Å²) in [6.07, 6.45) is 1.64. The number of nitrogens with zero attached hydrogens (tertiary/aromatic N) is 1. The molecule has 0 aliphatic rings. The number of hydrogen-bond donors (Lipinski definition) is 0. The fourth-order valence-corrected chi connectivity index (χ4v) is 2.75. The summed E-state index contributed by atoms with van der Waals surface area (Å²) < 4.78 is 1.95. The molecular weight excluding hydrogens is 242 g/mol. The minimum Gasteiger partial charge on any atom is -0.861 e. The van der Waals surface area contributed by atoms with E-state index in [9.17, 15) is 5.11 Å². The lowest BCUT2D eigenvalue weighted by molar-refractivity contribution is -0.581. The van der Waals surface area contributed by atoms with Crippen molar-refractivity contribution in [1.82, 2.24) is 0 Å². The van der Waals surface area contributed by atoms with Gasteiger partial charge in [-0.25, -0.2) is 0 Å². The summed E-state index contributed by atoms with van der Waals surface area (Å²) in [6.45, 7) is 0. The predicted octanol–water partition coefficient (Wildman–Crippen LogP) is 2.77. The molecule has 0 unspecified atom stereocenters. The summed E-state index contributed by atoms with van der Waals surface area (Å²) in [6, 6.07) is 19.9. The Bertz CT molecular complexity index is 590. The number of para-hydroxylation sites is 1. The molecule has 3 aromatic rings. The van der Waals surface area contributed by atoms with Crippen LogP contribution in [0.25, 0.3) is 16.3 Å². The lowest BCUT2D eigenvalue weighted by atomic mass is 10.2. The standard InChI is InChI=1S/C15H11NOS/c17-14-11-16(13-9-5-2-6-10-13)15(18-14)12-7-3-1-4-8-12/h1-11H. The molecule has 0 radical (unpaired) electrons. The maximum atomic E-state index is 11.7. The monoisotopic (exact) mass is 253 g/mol. The van der Waals surface area contributed by atoms with E-state index in [1.165, 1.54) is 11.3 Å². The van der Waals surface area contributed by atoms with Crippen LogP contribution >= 0.6 is 11.3 Å². The molecule has 0 saturated carbocycles. The smallest absolute Gasteiger partial charge is 0.274 e. The first-order valence-electron chi connectivity index (χ1n) is 5.68. The van der Waals surface area contributed by atoms with Crippen LogP contribution in [0.5, 0.6) is 5.06 Å². The van der Waals surface area contributed by atoms with Crippen LogP contribution in [0.15, 0.2) is 66.9 Å². The average molecular weight is 253 g/mol. The first-order valence-corrected chi connectivity index (χ1v) is 6.49. The Morgan fingerprint density at radius 1 is 0.833 bits per heavy atom. The van der Waals surface area contributed by atoms with Crippen molar-refractivity contribution < 1.29 is 9.67 Å². The minimum atomic E-state index is 0.0673. The van der Waals surface area contributed by atoms with Gasteiger partial charge >= 0.3 is 0 Å². The molecule has 2 aromatic carbocycles. The molecule has 0 fully saturated rings. The molecule has 0 spiro atoms. The van der Waals surface area contributed by atoms with Crippen LogP contribution in [0, 0.1) is 0 Å². The Labute approximate surface area is 109 Å². The Morgan fingerprint density at radius 2 is 1.44 bits per heavy atom. The molecule has 18 heavy (non-hydrogen) atoms. The minimum absolute atomic E-state index is 0.0673. The van der Waals surface area contributed by atoms with Crippen LogP contribution in [0.4, 0.5) is 0 Å². The highest BCUT2D eigenvalue weighted by molar-refractivity contribution is 7.16. The second-order valence-electron chi connectivity index (χ2n) is 3.93. The number of hydrogen-bond acceptors (Lipinski definition) is 2. The molecule has 3 rings (SSSR count). The van der Waals surface area contributed by atoms with Crippen LogP contribution in [0.3, 0.4) is 0 Å². The van der Waals surface area contributed by atoms with E-state index in [1.807, 2.05) is 65.2 Å². The zero-order valence-electron chi connectivity index (χ0n) is 9.61. The number of aromatic nitrogens is 1. The van der Waals surface area contributed by atoms with Crippen LogP contribution in [0.2, 0.25) is 0 Å². The molecule has 0 atom stereocenters. The molecular formula is C15H11NOS. The van der Waals surface area contributed by atoms with E-state index < -0.39 is 0 Å². The van der Waals surface area contributed by atoms with Gasteiger partial charge in [-0.15, -0.1) is 0 Å². The van der Waals surface area contributed by atoms with Crippen molar-refractivity contribution in [1.29, 1.82) is 0 Å². The van der Waals surface area contributed by atoms with Crippen LogP contribution in [-0.4, -0.2) is 0 Å². The summed E-state index contributed by atoms with van der Waals surface area (Å²) in [5.41, 5.74) is 2.07. The number of rotatable bonds is 2. The Balaban J connectivity index is 2.17. The molecule has 88 valence electrons. The van der Waals surface area contributed by atoms with Crippen molar-refractivity contribution >= 4 is 11.3 Å². The normalized spacial score (nSPS) is 10.4. The van der Waals surface area contributed by atoms with Gasteiger partial charge in [0.2, 0.25) is 5.69 Å². The lowest BCUT2D eigenvalue weighted by Crippen LogP contribution is -2.29. The van der Waals surface area contributed by atoms with Crippen molar-refractivity contribution in [3.05, 3.63) is 66.9 Å². The van der Waals surface area contributed by atoms with Crippen molar-refractivity contribution in [3.63, 3.8) is 0 Å². The van der Waals surface area contributed by atoms with E-state index >= 15 is 0 Å². The average Bonchev–Trinajstić information content (AvgIpc) is 2.83. The van der Waals surface area contributed by atoms with E-state index in [0.29, 0.717) is 0 Å². The third-order valence-corrected chi connectivity index (χ3v) is 3.64. The van der Waals surface area contributed by atoms with Crippen LogP contribution in [-0.2, 0) is 0 Å². The molecule has 0 amide bonds. The molecule has 0 N–H and O–H groups in total. The van der Waals surface area contributed by atoms with Gasteiger partial charge in [-0.1, -0.05) is 47.7 Å². The van der Waals surface area contributed by atoms with Gasteiger partial charge in [-0.05, 0) is 12.1 Å². The highest BCUT2D eigenvalue weighted by Crippen LogP contribution is 2.27. The highest BCUT2D eigenvalue weighted by Gasteiger charge is 2.17. The maximum absolute atomic E-state index is 11.7. The summed E-state index contributed by atoms with van der Waals surface area (Å²) in [4.78, 5) is 0. The lowest BCUT2D eigenvalue weighted by Gasteiger charge is -1.97. The van der Waals surface area contributed by atoms with Gasteiger partial charge in [0.15, 0.2) is 6.20 Å². The van der Waals surface area contributed by atoms with Gasteiger partial charge in [0.1, 0.15) is 0 Å². The topological polar surface area (TPSA) is 26.9 Å². The molecule has 0 saturated heterocycles. The first kappa shape index (κ1) is 11.0. The molecule has 1 heterocycles. The zero-order valence-corrected chi connectivity index (χ0v) is 10.4. The summed E-state index contributed by atoms with van der Waals surface area (Å²) in [5.74, 6) is 0.